The summed E-state index contributed by atoms with van der Waals surface area (Å²) < 4.78 is 30.0. The molecule has 7 nitrogen and oxygen atoms in total. The Morgan fingerprint density at radius 1 is 0.981 bits per heavy atom. The Bertz CT molecular complexity index is 1720. The zero-order valence-corrected chi connectivity index (χ0v) is 33.3. The highest BCUT2D eigenvalue weighted by molar-refractivity contribution is 7.91. The van der Waals surface area contributed by atoms with E-state index in [1.165, 1.54) is 64.2 Å². The second-order valence-corrected chi connectivity index (χ2v) is 21.4. The summed E-state index contributed by atoms with van der Waals surface area (Å²) in [5, 5.41) is 13.4. The molecule has 7 aliphatic rings. The van der Waals surface area contributed by atoms with E-state index in [2.05, 4.69) is 61.1 Å². The highest BCUT2D eigenvalue weighted by Crippen LogP contribution is 2.75. The third-order valence-corrected chi connectivity index (χ3v) is 18.7. The molecule has 1 aromatic heterocycles. The number of nitriles is 1. The van der Waals surface area contributed by atoms with Crippen LogP contribution in [0.4, 0.5) is 0 Å². The van der Waals surface area contributed by atoms with Crippen molar-refractivity contribution in [1.29, 1.82) is 5.26 Å². The quantitative estimate of drug-likeness (QED) is 0.289. The first-order valence-electron chi connectivity index (χ1n) is 21.0. The fourth-order valence-corrected chi connectivity index (χ4v) is 15.3. The predicted molar refractivity (Wildman–Crippen MR) is 207 cm³/mol. The number of nitrogens with zero attached hydrogens (tertiary/aromatic N) is 3. The van der Waals surface area contributed by atoms with Gasteiger partial charge in [-0.3, -0.25) is 0 Å². The minimum Gasteiger partial charge on any atom is -0.477 e. The third kappa shape index (κ3) is 6.21. The summed E-state index contributed by atoms with van der Waals surface area (Å²) in [7, 11) is -2.83. The van der Waals surface area contributed by atoms with E-state index in [1.54, 1.807) is 29.5 Å². The fourth-order valence-electron chi connectivity index (χ4n) is 14.0. The molecule has 5 fully saturated rings. The molecule has 1 aliphatic heterocycles. The molecule has 0 radical (unpaired) electrons. The Balaban J connectivity index is 0.925. The van der Waals surface area contributed by atoms with Crippen LogP contribution >= 0.6 is 0 Å². The van der Waals surface area contributed by atoms with Gasteiger partial charge in [0.05, 0.1) is 29.7 Å². The summed E-state index contributed by atoms with van der Waals surface area (Å²) in [4.78, 5) is 6.67. The zero-order chi connectivity index (χ0) is 36.4. The van der Waals surface area contributed by atoms with Gasteiger partial charge in [0, 0.05) is 44.0 Å². The van der Waals surface area contributed by atoms with Crippen LogP contribution in [0.1, 0.15) is 117 Å². The smallest absolute Gasteiger partial charge is 0.214 e. The summed E-state index contributed by atoms with van der Waals surface area (Å²) in [5.41, 5.74) is 5.28. The Morgan fingerprint density at radius 3 is 2.58 bits per heavy atom. The summed E-state index contributed by atoms with van der Waals surface area (Å²) in [6, 6.07) is 5.64. The van der Waals surface area contributed by atoms with Gasteiger partial charge in [-0.2, -0.15) is 5.26 Å². The molecule has 8 rings (SSSR count). The SMILES string of the molecule is CC1C(C2=CC[C@H](COc3cc(C#N)ccn3)CC2)=CC[C@@]2(C)C1CC[C@]1(C)C2CC[C@@H]2[C@H]3CCC[C@]3(NCCN3CCS(=O)(=O)CC3)CC[C@]21C. The first-order chi connectivity index (χ1) is 24.9. The minimum absolute atomic E-state index is 0.283. The molecule has 0 amide bonds. The molecule has 1 aromatic rings. The van der Waals surface area contributed by atoms with Crippen LogP contribution in [0.25, 0.3) is 0 Å². The average Bonchev–Trinajstić information content (AvgIpc) is 3.56. The number of fused-ring (bicyclic) bond motifs is 7. The van der Waals surface area contributed by atoms with Crippen molar-refractivity contribution < 1.29 is 13.2 Å². The van der Waals surface area contributed by atoms with E-state index >= 15 is 0 Å². The average molecular weight is 729 g/mol. The Hall–Kier alpha value is -2.21. The fraction of sp³-hybridized carbons (Fsp3) is 0.773. The Kier molecular flexibility index (Phi) is 9.77. The molecule has 8 heteroatoms. The van der Waals surface area contributed by atoms with Crippen molar-refractivity contribution in [2.45, 2.75) is 117 Å². The lowest BCUT2D eigenvalue weighted by atomic mass is 9.34. The molecule has 6 aliphatic carbocycles. The molecule has 3 unspecified atom stereocenters. The van der Waals surface area contributed by atoms with Crippen LogP contribution < -0.4 is 10.1 Å². The van der Waals surface area contributed by atoms with E-state index in [9.17, 15) is 13.7 Å². The van der Waals surface area contributed by atoms with Crippen LogP contribution in [0.15, 0.2) is 41.6 Å². The number of nitrogens with one attached hydrogen (secondary N) is 1. The maximum Gasteiger partial charge on any atom is 0.214 e. The second-order valence-electron chi connectivity index (χ2n) is 19.1. The van der Waals surface area contributed by atoms with E-state index in [1.807, 2.05) is 0 Å². The van der Waals surface area contributed by atoms with Crippen LogP contribution in [0.2, 0.25) is 0 Å². The van der Waals surface area contributed by atoms with Gasteiger partial charge in [-0.05, 0) is 146 Å². The number of aromatic nitrogens is 1. The number of allylic oxidation sites excluding steroid dienone is 4. The normalized spacial score (nSPS) is 42.8. The van der Waals surface area contributed by atoms with Crippen LogP contribution in [0.5, 0.6) is 5.88 Å². The van der Waals surface area contributed by atoms with Crippen LogP contribution in [0, 0.1) is 63.1 Å². The summed E-state index contributed by atoms with van der Waals surface area (Å²) in [5.74, 6) is 5.44. The Morgan fingerprint density at radius 2 is 1.81 bits per heavy atom. The molecule has 284 valence electrons. The van der Waals surface area contributed by atoms with Crippen molar-refractivity contribution in [3.8, 4) is 11.9 Å². The van der Waals surface area contributed by atoms with Crippen molar-refractivity contribution in [1.82, 2.24) is 15.2 Å². The lowest BCUT2D eigenvalue weighted by molar-refractivity contribution is -0.212. The van der Waals surface area contributed by atoms with Crippen molar-refractivity contribution >= 4 is 9.84 Å². The van der Waals surface area contributed by atoms with Gasteiger partial charge in [-0.25, -0.2) is 13.4 Å². The van der Waals surface area contributed by atoms with Gasteiger partial charge in [0.15, 0.2) is 9.84 Å². The van der Waals surface area contributed by atoms with E-state index in [-0.39, 0.29) is 5.54 Å². The zero-order valence-electron chi connectivity index (χ0n) is 32.5. The number of hydrogen-bond donors (Lipinski definition) is 1. The standard InChI is InChI=1S/C44H64N4O3S/c1-31-35(34-9-7-32(8-10-34)30-51-40-28-33(29-45)15-21-46-40)13-17-41(2)36(31)14-18-43(4)39(41)12-11-37-38-6-5-16-44(38,20-19-42(37,43)3)47-22-23-48-24-26-52(49,50)27-25-48/h9,13,15,21,28,31-32,36-39,47H,5-8,10-12,14,16-20,22-27,30H2,1-4H3/t31?,32-,36?,37+,38+,39?,41-,42+,43+,44-/m0/s1. The van der Waals surface area contributed by atoms with E-state index in [0.717, 1.165) is 56.0 Å². The first-order valence-corrected chi connectivity index (χ1v) is 22.8. The molecule has 52 heavy (non-hydrogen) atoms. The van der Waals surface area contributed by atoms with E-state index in [4.69, 9.17) is 4.74 Å². The molecule has 0 spiro atoms. The number of pyridine rings is 1. The van der Waals surface area contributed by atoms with Gasteiger partial charge >= 0.3 is 0 Å². The van der Waals surface area contributed by atoms with E-state index < -0.39 is 9.84 Å². The number of ether oxygens (including phenoxy) is 1. The van der Waals surface area contributed by atoms with Gasteiger partial charge in [0.2, 0.25) is 5.88 Å². The highest BCUT2D eigenvalue weighted by atomic mass is 32.2. The maximum atomic E-state index is 12.0. The molecule has 2 heterocycles. The third-order valence-electron chi connectivity index (χ3n) is 17.1. The largest absolute Gasteiger partial charge is 0.477 e. The summed E-state index contributed by atoms with van der Waals surface area (Å²) in [6.45, 7) is 14.8. The second kappa shape index (κ2) is 13.8. The topological polar surface area (TPSA) is 95.3 Å². The predicted octanol–water partition coefficient (Wildman–Crippen LogP) is 8.13. The number of rotatable bonds is 8. The molecule has 0 bridgehead atoms. The number of hydrogen-bond acceptors (Lipinski definition) is 7. The highest BCUT2D eigenvalue weighted by Gasteiger charge is 2.68. The van der Waals surface area contributed by atoms with Crippen LogP contribution in [-0.4, -0.2) is 68.1 Å². The molecular formula is C44H64N4O3S. The molecule has 1 N–H and O–H groups in total. The first kappa shape index (κ1) is 36.8. The van der Waals surface area contributed by atoms with Crippen LogP contribution in [-0.2, 0) is 9.84 Å². The monoisotopic (exact) mass is 728 g/mol. The lowest BCUT2D eigenvalue weighted by Gasteiger charge is -2.71. The maximum absolute atomic E-state index is 12.0. The van der Waals surface area contributed by atoms with Crippen molar-refractivity contribution in [3.63, 3.8) is 0 Å². The van der Waals surface area contributed by atoms with Crippen LogP contribution in [0.3, 0.4) is 0 Å². The molecule has 1 saturated heterocycles. The lowest BCUT2D eigenvalue weighted by Crippen LogP contribution is -2.67. The van der Waals surface area contributed by atoms with Crippen molar-refractivity contribution in [2.75, 3.05) is 44.3 Å². The van der Waals surface area contributed by atoms with Gasteiger partial charge < -0.3 is 15.0 Å². The van der Waals surface area contributed by atoms with Gasteiger partial charge in [-0.15, -0.1) is 0 Å². The van der Waals surface area contributed by atoms with Gasteiger partial charge in [0.1, 0.15) is 0 Å². The molecule has 0 aromatic carbocycles. The van der Waals surface area contributed by atoms with E-state index in [0.29, 0.717) is 70.7 Å². The van der Waals surface area contributed by atoms with Gasteiger partial charge in [0.25, 0.3) is 0 Å². The molecule has 4 saturated carbocycles. The Labute approximate surface area is 314 Å². The number of sulfone groups is 1. The molecule has 10 atom stereocenters. The summed E-state index contributed by atoms with van der Waals surface area (Å²) in [6.07, 6.45) is 23.7. The van der Waals surface area contributed by atoms with Gasteiger partial charge in [-0.1, -0.05) is 46.3 Å². The van der Waals surface area contributed by atoms with Crippen molar-refractivity contribution in [2.24, 2.45) is 51.8 Å². The summed E-state index contributed by atoms with van der Waals surface area (Å²) >= 11 is 0. The molecular weight excluding hydrogens is 665 g/mol. The minimum atomic E-state index is -2.83. The van der Waals surface area contributed by atoms with Crippen molar-refractivity contribution in [3.05, 3.63) is 47.2 Å².